The van der Waals surface area contributed by atoms with Gasteiger partial charge in [0.25, 0.3) is 0 Å². The summed E-state index contributed by atoms with van der Waals surface area (Å²) in [4.78, 5) is 26.2. The molecule has 0 aromatic heterocycles. The van der Waals surface area contributed by atoms with Gasteiger partial charge in [0.15, 0.2) is 18.2 Å². The Bertz CT molecular complexity index is 1840. The number of ether oxygens (including phenoxy) is 5. The minimum Gasteiger partial charge on any atom is -0.466 e. The van der Waals surface area contributed by atoms with Crippen molar-refractivity contribution >= 4 is 11.9 Å². The van der Waals surface area contributed by atoms with Gasteiger partial charge in [-0.05, 0) is 60.8 Å². The molecule has 3 aliphatic rings. The number of allylic oxidation sites excluding steroid dienone is 12. The van der Waals surface area contributed by atoms with Crippen LogP contribution in [0.25, 0.3) is 0 Å². The highest BCUT2D eigenvalue weighted by Gasteiger charge is 2.55. The molecule has 0 saturated carbocycles. The number of rotatable bonds is 8. The van der Waals surface area contributed by atoms with Crippen molar-refractivity contribution in [1.29, 1.82) is 0 Å². The van der Waals surface area contributed by atoms with E-state index in [0.29, 0.717) is 24.1 Å². The Kier molecular flexibility index (Phi) is 27.6. The summed E-state index contributed by atoms with van der Waals surface area (Å²) < 4.78 is 30.1. The van der Waals surface area contributed by atoms with E-state index in [-0.39, 0.29) is 38.2 Å². The highest BCUT2D eigenvalue weighted by atomic mass is 16.7. The van der Waals surface area contributed by atoms with Gasteiger partial charge in [-0.3, -0.25) is 9.59 Å². The summed E-state index contributed by atoms with van der Waals surface area (Å²) in [6.07, 6.45) is 5.58. The number of nitrogens with zero attached hydrogens (tertiary/aromatic N) is 1. The van der Waals surface area contributed by atoms with Crippen molar-refractivity contribution in [2.75, 3.05) is 26.2 Å². The molecule has 2 bridgehead atoms. The number of aliphatic hydroxyl groups is 10. The summed E-state index contributed by atoms with van der Waals surface area (Å²) in [5, 5.41) is 112. The van der Waals surface area contributed by atoms with Gasteiger partial charge < -0.3 is 79.2 Å². The van der Waals surface area contributed by atoms with Gasteiger partial charge in [0.05, 0.1) is 93.7 Å². The van der Waals surface area contributed by atoms with Crippen LogP contribution in [0.4, 0.5) is 0 Å². The molecule has 18 heteroatoms. The molecule has 3 heterocycles. The number of fused-ring (bicyclic) bond motifs is 2. The van der Waals surface area contributed by atoms with E-state index in [1.54, 1.807) is 58.1 Å². The number of cyclic esters (lactones) is 1. The summed E-state index contributed by atoms with van der Waals surface area (Å²) in [6.45, 7) is 16.3. The first-order valence-corrected chi connectivity index (χ1v) is 26.3. The fourth-order valence-electron chi connectivity index (χ4n) is 10.1. The average molecular weight is 1040 g/mol. The summed E-state index contributed by atoms with van der Waals surface area (Å²) in [7, 11) is 0. The van der Waals surface area contributed by atoms with E-state index in [0.717, 1.165) is 0 Å². The number of likely N-dealkylation sites (N-methyl/N-ethyl adjacent to an activating group) is 1. The quantitative estimate of drug-likeness (QED) is 0.124. The molecule has 416 valence electrons. The maximum absolute atomic E-state index is 13.5. The van der Waals surface area contributed by atoms with Crippen LogP contribution in [0.3, 0.4) is 0 Å². The maximum Gasteiger partial charge on any atom is 0.314 e. The van der Waals surface area contributed by atoms with Crippen molar-refractivity contribution in [2.24, 2.45) is 17.8 Å². The second-order valence-corrected chi connectivity index (χ2v) is 20.1. The zero-order valence-electron chi connectivity index (χ0n) is 44.2. The predicted molar refractivity (Wildman–Crippen MR) is 274 cm³/mol. The van der Waals surface area contributed by atoms with Gasteiger partial charge in [-0.25, -0.2) is 0 Å². The van der Waals surface area contributed by atoms with Crippen LogP contribution in [-0.2, 0) is 33.3 Å². The van der Waals surface area contributed by atoms with Crippen molar-refractivity contribution in [3.05, 3.63) is 85.1 Å². The van der Waals surface area contributed by atoms with Crippen molar-refractivity contribution in [1.82, 2.24) is 0 Å². The SMILES string of the molecule is CCOC(=O)[C@H]1[C@@H]2C[C@@H](O[C@@H]3O[C@H](C)[C@@H](O)[C@H]([N+](CC)(CC)CC)[C@@H]3O)C=CC=CC=CC=CC=CC=CC=C[C@H](C)[C@@H](O)[C@@H](C)[C@H](C)OC(=O)C[C@H](O)C[C@H](O)CC[C@@H](O)[C@H](O)C[C@H](O)C[C@](O)(C[C@@H]1O)O2. The largest absolute Gasteiger partial charge is 0.466 e. The Labute approximate surface area is 432 Å². The summed E-state index contributed by atoms with van der Waals surface area (Å²) in [6, 6.07) is -0.685. The van der Waals surface area contributed by atoms with Crippen LogP contribution in [0.5, 0.6) is 0 Å². The lowest BCUT2D eigenvalue weighted by atomic mass is 9.82. The molecule has 10 N–H and O–H groups in total. The molecule has 0 radical (unpaired) electrons. The van der Waals surface area contributed by atoms with E-state index >= 15 is 0 Å². The molecule has 0 aromatic rings. The molecule has 0 aliphatic carbocycles. The highest BCUT2D eigenvalue weighted by molar-refractivity contribution is 5.74. The molecule has 0 amide bonds. The minimum atomic E-state index is -2.27. The second-order valence-electron chi connectivity index (χ2n) is 20.1. The van der Waals surface area contributed by atoms with Crippen LogP contribution in [-0.4, -0.2) is 191 Å². The molecule has 2 saturated heterocycles. The van der Waals surface area contributed by atoms with Gasteiger partial charge >= 0.3 is 11.9 Å². The van der Waals surface area contributed by atoms with E-state index in [9.17, 15) is 60.7 Å². The van der Waals surface area contributed by atoms with E-state index in [4.69, 9.17) is 23.7 Å². The molecular weight excluding hydrogens is 947 g/mol. The number of carbonyl (C=O) groups is 2. The van der Waals surface area contributed by atoms with Gasteiger partial charge in [-0.15, -0.1) is 0 Å². The average Bonchev–Trinajstić information content (AvgIpc) is 3.32. The first-order chi connectivity index (χ1) is 34.5. The summed E-state index contributed by atoms with van der Waals surface area (Å²) >= 11 is 0. The Morgan fingerprint density at radius 1 is 0.644 bits per heavy atom. The molecule has 0 aromatic carbocycles. The van der Waals surface area contributed by atoms with Gasteiger partial charge in [0.1, 0.15) is 24.2 Å². The molecule has 0 unspecified atom stereocenters. The van der Waals surface area contributed by atoms with E-state index < -0.39 is 147 Å². The molecule has 18 nitrogen and oxygen atoms in total. The monoisotopic (exact) mass is 1040 g/mol. The fraction of sp³-hybridized carbons (Fsp3) is 0.709. The van der Waals surface area contributed by atoms with Crippen molar-refractivity contribution in [3.8, 4) is 0 Å². The zero-order valence-corrected chi connectivity index (χ0v) is 44.2. The number of quaternary nitrogens is 1. The van der Waals surface area contributed by atoms with E-state index in [1.165, 1.54) is 0 Å². The van der Waals surface area contributed by atoms with Gasteiger partial charge in [-0.2, -0.15) is 0 Å². The molecule has 0 spiro atoms. The van der Waals surface area contributed by atoms with Crippen LogP contribution in [0.1, 0.15) is 107 Å². The van der Waals surface area contributed by atoms with Gasteiger partial charge in [-0.1, -0.05) is 98.9 Å². The Balaban J connectivity index is 1.98. The standard InChI is InChI=1S/C55H90NO17/c1-9-56(10-2,11-3)49-51(65)38(8)71-54(52(49)66)72-42-26-24-22-20-18-16-14-13-15-17-19-21-23-25-35(5)50(64)36(6)37(7)70-47(63)31-40(58)29-39(57)27-28-43(60)44(61)30-41(59)33-55(68)34-45(62)48(46(32-42)73-55)53(67)69-12-4/h13-26,35-46,48-52,54,57-62,64-66,68H,9-12,27-34H2,1-8H3/q+1/t35-,36-,37-,38+,39+,40+,41-,42-,43+,44+,45-,46-,48+,49-,50+,51+,52-,54-,55+/m0/s1. The van der Waals surface area contributed by atoms with Crippen LogP contribution in [0, 0.1) is 17.8 Å². The van der Waals surface area contributed by atoms with Crippen molar-refractivity contribution in [2.45, 2.75) is 204 Å². The fourth-order valence-corrected chi connectivity index (χ4v) is 10.1. The third-order valence-corrected chi connectivity index (χ3v) is 14.7. The molecule has 3 aliphatic heterocycles. The smallest absolute Gasteiger partial charge is 0.314 e. The van der Waals surface area contributed by atoms with Crippen molar-refractivity contribution < 1.29 is 88.8 Å². The molecular formula is C55H90NO17+. The lowest BCUT2D eigenvalue weighted by molar-refractivity contribution is -0.956. The van der Waals surface area contributed by atoms with E-state index in [1.807, 2.05) is 82.4 Å². The molecule has 3 rings (SSSR count). The van der Waals surface area contributed by atoms with Gasteiger partial charge in [0.2, 0.25) is 0 Å². The minimum absolute atomic E-state index is 0.0248. The first-order valence-electron chi connectivity index (χ1n) is 26.3. The molecule has 19 atom stereocenters. The van der Waals surface area contributed by atoms with Crippen LogP contribution >= 0.6 is 0 Å². The Hall–Kier alpha value is -3.44. The lowest BCUT2D eigenvalue weighted by Gasteiger charge is -2.52. The van der Waals surface area contributed by atoms with Crippen LogP contribution in [0.15, 0.2) is 85.1 Å². The Morgan fingerprint density at radius 2 is 1.21 bits per heavy atom. The number of hydrogen-bond acceptors (Lipinski definition) is 17. The number of hydrogen-bond donors (Lipinski definition) is 10. The maximum atomic E-state index is 13.5. The molecule has 73 heavy (non-hydrogen) atoms. The second kappa shape index (κ2) is 31.6. The highest BCUT2D eigenvalue weighted by Crippen LogP contribution is 2.39. The van der Waals surface area contributed by atoms with Crippen molar-refractivity contribution in [3.63, 3.8) is 0 Å². The normalized spacial score (nSPS) is 39.0. The van der Waals surface area contributed by atoms with Gasteiger partial charge in [0, 0.05) is 37.5 Å². The van der Waals surface area contributed by atoms with E-state index in [2.05, 4.69) is 0 Å². The third kappa shape index (κ3) is 19.9. The molecule has 2 fully saturated rings. The zero-order chi connectivity index (χ0) is 54.5. The third-order valence-electron chi connectivity index (χ3n) is 14.7. The predicted octanol–water partition coefficient (Wildman–Crippen LogP) is 3.11. The summed E-state index contributed by atoms with van der Waals surface area (Å²) in [5.74, 6) is -5.86. The topological polar surface area (TPSA) is 283 Å². The summed E-state index contributed by atoms with van der Waals surface area (Å²) in [5.41, 5.74) is 0. The first kappa shape index (κ1) is 63.8. The number of carbonyl (C=O) groups excluding carboxylic acids is 2. The Morgan fingerprint density at radius 3 is 1.77 bits per heavy atom. The van der Waals surface area contributed by atoms with Crippen LogP contribution < -0.4 is 0 Å². The number of esters is 2. The number of aliphatic hydroxyl groups excluding tert-OH is 9. The van der Waals surface area contributed by atoms with Crippen LogP contribution in [0.2, 0.25) is 0 Å². The lowest BCUT2D eigenvalue weighted by Crippen LogP contribution is -2.71.